The first-order valence-electron chi connectivity index (χ1n) is 5.64. The zero-order valence-electron chi connectivity index (χ0n) is 11.8. The minimum absolute atomic E-state index is 0.462. The molecule has 10 heteroatoms. The monoisotopic (exact) mass is 319 g/mol. The van der Waals surface area contributed by atoms with Crippen LogP contribution < -0.4 is 9.47 Å². The maximum absolute atomic E-state index is 9.55. The molecular weight excluding hydrogens is 302 g/mol. The Morgan fingerprint density at radius 2 is 1.71 bits per heavy atom. The number of carboxylic acid groups (broad SMARTS) is 2. The Kier molecular flexibility index (Phi) is 9.46. The molecule has 1 aromatic heterocycles. The summed E-state index contributed by atoms with van der Waals surface area (Å²) < 4.78 is 18.1. The molecule has 0 fully saturated rings. The number of rotatable bonds is 7. The molecule has 0 aliphatic rings. The summed E-state index contributed by atoms with van der Waals surface area (Å²) in [7, 11) is 5.52. The van der Waals surface area contributed by atoms with Crippen LogP contribution in [0.25, 0.3) is 0 Å². The van der Waals surface area contributed by atoms with E-state index in [9.17, 15) is 9.59 Å². The number of aliphatic carboxylic acids is 2. The second-order valence-corrected chi connectivity index (χ2v) is 4.27. The quantitative estimate of drug-likeness (QED) is 0.678. The van der Waals surface area contributed by atoms with Crippen molar-refractivity contribution in [2.24, 2.45) is 0 Å². The lowest BCUT2D eigenvalue weighted by Crippen LogP contribution is -2.19. The summed E-state index contributed by atoms with van der Waals surface area (Å²) >= 11 is 1.09. The molecule has 0 amide bonds. The highest BCUT2D eigenvalue weighted by Crippen LogP contribution is 2.22. The average Bonchev–Trinajstić information content (AvgIpc) is 2.84. The van der Waals surface area contributed by atoms with Gasteiger partial charge < -0.3 is 24.6 Å². The fourth-order valence-electron chi connectivity index (χ4n) is 0.853. The molecule has 118 valence electrons. The van der Waals surface area contributed by atoms with Crippen LogP contribution in [0.3, 0.4) is 0 Å². The number of methoxy groups -OCH3 is 1. The van der Waals surface area contributed by atoms with Crippen LogP contribution in [0.1, 0.15) is 0 Å². The first-order valence-corrected chi connectivity index (χ1v) is 6.37. The fourth-order valence-corrected chi connectivity index (χ4v) is 1.33. The minimum Gasteiger partial charge on any atom is -0.478 e. The SMILES string of the molecule is COc1nsnc1OCCN(C)C.O=C(O)/C=C/C(=O)O. The van der Waals surface area contributed by atoms with E-state index in [0.29, 0.717) is 30.5 Å². The van der Waals surface area contributed by atoms with Gasteiger partial charge in [-0.3, -0.25) is 0 Å². The Hall–Kier alpha value is -2.20. The zero-order chi connectivity index (χ0) is 16.3. The molecule has 2 N–H and O–H groups in total. The van der Waals surface area contributed by atoms with Crippen molar-refractivity contribution in [3.8, 4) is 11.8 Å². The molecule has 0 unspecified atom stereocenters. The first-order chi connectivity index (χ1) is 9.86. The number of hydrogen-bond donors (Lipinski definition) is 2. The summed E-state index contributed by atoms with van der Waals surface area (Å²) in [6.45, 7) is 1.44. The molecule has 0 aliphatic carbocycles. The summed E-state index contributed by atoms with van der Waals surface area (Å²) in [4.78, 5) is 21.1. The van der Waals surface area contributed by atoms with E-state index in [1.165, 1.54) is 0 Å². The third-order valence-corrected chi connectivity index (χ3v) is 2.26. The Labute approximate surface area is 125 Å². The smallest absolute Gasteiger partial charge is 0.328 e. The van der Waals surface area contributed by atoms with Crippen LogP contribution in [-0.2, 0) is 9.59 Å². The van der Waals surface area contributed by atoms with Gasteiger partial charge in [-0.05, 0) is 14.1 Å². The molecule has 0 aliphatic heterocycles. The molecule has 0 saturated heterocycles. The van der Waals surface area contributed by atoms with Gasteiger partial charge in [-0.25, -0.2) is 9.59 Å². The topological polar surface area (TPSA) is 122 Å². The van der Waals surface area contributed by atoms with Crippen molar-refractivity contribution in [1.82, 2.24) is 13.6 Å². The van der Waals surface area contributed by atoms with Crippen molar-refractivity contribution >= 4 is 23.7 Å². The predicted molar refractivity (Wildman–Crippen MR) is 74.9 cm³/mol. The summed E-state index contributed by atoms with van der Waals surface area (Å²) in [6, 6.07) is 0. The standard InChI is InChI=1S/C7H13N3O2S.C4H4O4/c1-10(2)4-5-12-7-6(11-3)8-13-9-7;5-3(6)1-2-4(7)8/h4-5H2,1-3H3;1-2H,(H,5,6)(H,7,8)/b;2-1+. The van der Waals surface area contributed by atoms with Gasteiger partial charge in [-0.1, -0.05) is 0 Å². The molecule has 1 aromatic rings. The summed E-state index contributed by atoms with van der Waals surface area (Å²) in [5.74, 6) is -1.57. The Bertz CT molecular complexity index is 458. The van der Waals surface area contributed by atoms with Gasteiger partial charge in [0.05, 0.1) is 18.8 Å². The van der Waals surface area contributed by atoms with Gasteiger partial charge in [0.1, 0.15) is 6.61 Å². The molecule has 0 atom stereocenters. The minimum atomic E-state index is -1.26. The van der Waals surface area contributed by atoms with Crippen LogP contribution in [0.5, 0.6) is 11.8 Å². The Morgan fingerprint density at radius 3 is 2.14 bits per heavy atom. The molecule has 0 aromatic carbocycles. The number of carboxylic acids is 2. The molecule has 1 rings (SSSR count). The molecule has 0 bridgehead atoms. The van der Waals surface area contributed by atoms with Crippen LogP contribution in [0, 0.1) is 0 Å². The molecule has 0 spiro atoms. The second kappa shape index (κ2) is 10.6. The number of ether oxygens (including phenoxy) is 2. The fraction of sp³-hybridized carbons (Fsp3) is 0.455. The summed E-state index contributed by atoms with van der Waals surface area (Å²) in [6.07, 6.45) is 1.12. The van der Waals surface area contributed by atoms with E-state index in [1.54, 1.807) is 7.11 Å². The van der Waals surface area contributed by atoms with Gasteiger partial charge in [-0.2, -0.15) is 0 Å². The maximum Gasteiger partial charge on any atom is 0.328 e. The molecular formula is C11H17N3O6S. The van der Waals surface area contributed by atoms with E-state index in [0.717, 1.165) is 18.3 Å². The Balaban J connectivity index is 0.000000433. The number of hydrogen-bond acceptors (Lipinski definition) is 8. The van der Waals surface area contributed by atoms with E-state index in [4.69, 9.17) is 19.7 Å². The lowest BCUT2D eigenvalue weighted by molar-refractivity contribution is -0.134. The van der Waals surface area contributed by atoms with Crippen LogP contribution in [0.15, 0.2) is 12.2 Å². The maximum atomic E-state index is 9.55. The van der Waals surface area contributed by atoms with Crippen molar-refractivity contribution < 1.29 is 29.3 Å². The third-order valence-electron chi connectivity index (χ3n) is 1.77. The van der Waals surface area contributed by atoms with Gasteiger partial charge in [0.2, 0.25) is 0 Å². The highest BCUT2D eigenvalue weighted by Gasteiger charge is 2.08. The van der Waals surface area contributed by atoms with Crippen molar-refractivity contribution in [1.29, 1.82) is 0 Å². The number of likely N-dealkylation sites (N-methyl/N-ethyl adjacent to an activating group) is 1. The van der Waals surface area contributed by atoms with Gasteiger partial charge in [0.15, 0.2) is 0 Å². The average molecular weight is 319 g/mol. The largest absolute Gasteiger partial charge is 0.478 e. The zero-order valence-corrected chi connectivity index (χ0v) is 12.7. The van der Waals surface area contributed by atoms with E-state index in [-0.39, 0.29) is 0 Å². The molecule has 0 saturated carbocycles. The van der Waals surface area contributed by atoms with Gasteiger partial charge in [-0.15, -0.1) is 8.75 Å². The summed E-state index contributed by atoms with van der Waals surface area (Å²) in [5.41, 5.74) is 0. The second-order valence-electron chi connectivity index (χ2n) is 3.74. The van der Waals surface area contributed by atoms with Gasteiger partial charge >= 0.3 is 11.9 Å². The normalized spacial score (nSPS) is 10.1. The summed E-state index contributed by atoms with van der Waals surface area (Å²) in [5, 5.41) is 15.6. The highest BCUT2D eigenvalue weighted by molar-refractivity contribution is 6.99. The van der Waals surface area contributed by atoms with Crippen LogP contribution in [0.2, 0.25) is 0 Å². The molecule has 1 heterocycles. The molecule has 21 heavy (non-hydrogen) atoms. The number of carbonyl (C=O) groups is 2. The van der Waals surface area contributed by atoms with E-state index in [2.05, 4.69) is 8.75 Å². The van der Waals surface area contributed by atoms with Gasteiger partial charge in [0, 0.05) is 18.7 Å². The molecule has 0 radical (unpaired) electrons. The van der Waals surface area contributed by atoms with E-state index < -0.39 is 11.9 Å². The van der Waals surface area contributed by atoms with Crippen molar-refractivity contribution in [3.63, 3.8) is 0 Å². The number of nitrogens with zero attached hydrogens (tertiary/aromatic N) is 3. The van der Waals surface area contributed by atoms with Crippen molar-refractivity contribution in [2.75, 3.05) is 34.4 Å². The van der Waals surface area contributed by atoms with E-state index >= 15 is 0 Å². The van der Waals surface area contributed by atoms with Gasteiger partial charge in [0.25, 0.3) is 11.8 Å². The molecule has 9 nitrogen and oxygen atoms in total. The van der Waals surface area contributed by atoms with E-state index in [1.807, 2.05) is 19.0 Å². The lowest BCUT2D eigenvalue weighted by atomic mass is 10.5. The highest BCUT2D eigenvalue weighted by atomic mass is 32.1. The van der Waals surface area contributed by atoms with Crippen molar-refractivity contribution in [2.45, 2.75) is 0 Å². The lowest BCUT2D eigenvalue weighted by Gasteiger charge is -2.09. The first kappa shape index (κ1) is 18.8. The van der Waals surface area contributed by atoms with Crippen molar-refractivity contribution in [3.05, 3.63) is 12.2 Å². The van der Waals surface area contributed by atoms with Crippen LogP contribution in [0.4, 0.5) is 0 Å². The number of aromatic nitrogens is 2. The Morgan fingerprint density at radius 1 is 1.19 bits per heavy atom. The third kappa shape index (κ3) is 10.3. The van der Waals surface area contributed by atoms with Crippen LogP contribution in [-0.4, -0.2) is 70.2 Å². The van der Waals surface area contributed by atoms with Crippen LogP contribution >= 0.6 is 11.7 Å². The predicted octanol–water partition coefficient (Wildman–Crippen LogP) is 0.199.